The molecular weight excluding hydrogens is 371 g/mol. The fraction of sp³-hybridized carbons (Fsp3) is 0.100. The van der Waals surface area contributed by atoms with Crippen LogP contribution in [0.2, 0.25) is 0 Å². The summed E-state index contributed by atoms with van der Waals surface area (Å²) in [7, 11) is 0. The molecule has 0 radical (unpaired) electrons. The second kappa shape index (κ2) is 7.20. The van der Waals surface area contributed by atoms with Gasteiger partial charge in [-0.2, -0.15) is 0 Å². The third-order valence-corrected chi connectivity index (χ3v) is 5.08. The molecule has 136 valence electrons. The van der Waals surface area contributed by atoms with Gasteiger partial charge >= 0.3 is 5.97 Å². The molecule has 1 aromatic heterocycles. The van der Waals surface area contributed by atoms with E-state index in [1.54, 1.807) is 42.5 Å². The molecule has 0 fully saturated rings. The number of esters is 1. The summed E-state index contributed by atoms with van der Waals surface area (Å²) in [6.45, 7) is -0.251. The van der Waals surface area contributed by atoms with Gasteiger partial charge in [-0.3, -0.25) is 4.79 Å². The molecule has 0 saturated carbocycles. The maximum absolute atomic E-state index is 13.0. The average molecular weight is 384 g/mol. The molecule has 0 unspecified atom stereocenters. The van der Waals surface area contributed by atoms with Gasteiger partial charge in [-0.05, 0) is 48.0 Å². The quantitative estimate of drug-likeness (QED) is 0.484. The van der Waals surface area contributed by atoms with Gasteiger partial charge in [0.25, 0.3) is 0 Å². The molecule has 27 heavy (non-hydrogen) atoms. The lowest BCUT2D eigenvalue weighted by molar-refractivity contribution is 0.0479. The van der Waals surface area contributed by atoms with Crippen LogP contribution in [0.15, 0.2) is 54.6 Å². The number of carbonyl (C=O) groups is 2. The van der Waals surface area contributed by atoms with Gasteiger partial charge < -0.3 is 14.2 Å². The second-order valence-electron chi connectivity index (χ2n) is 5.74. The normalized spacial score (nSPS) is 12.0. The first-order valence-corrected chi connectivity index (χ1v) is 8.87. The molecule has 0 amide bonds. The van der Waals surface area contributed by atoms with E-state index < -0.39 is 5.97 Å². The van der Waals surface area contributed by atoms with Crippen LogP contribution in [-0.4, -0.2) is 25.2 Å². The minimum atomic E-state index is -0.581. The van der Waals surface area contributed by atoms with Crippen molar-refractivity contribution in [1.29, 1.82) is 0 Å². The third kappa shape index (κ3) is 3.68. The summed E-state index contributed by atoms with van der Waals surface area (Å²) in [5, 5.41) is 0. The van der Waals surface area contributed by atoms with Gasteiger partial charge in [-0.25, -0.2) is 9.18 Å². The fourth-order valence-corrected chi connectivity index (χ4v) is 3.48. The van der Waals surface area contributed by atoms with Gasteiger partial charge in [-0.1, -0.05) is 12.1 Å². The summed E-state index contributed by atoms with van der Waals surface area (Å²) in [4.78, 5) is 25.6. The number of hydrogen-bond acceptors (Lipinski definition) is 6. The Morgan fingerprint density at radius 2 is 1.78 bits per heavy atom. The molecule has 0 bridgehead atoms. The van der Waals surface area contributed by atoms with Crippen molar-refractivity contribution in [1.82, 2.24) is 0 Å². The number of halogens is 1. The van der Waals surface area contributed by atoms with E-state index in [1.165, 1.54) is 23.5 Å². The predicted octanol–water partition coefficient (Wildman–Crippen LogP) is 4.32. The molecule has 0 N–H and O–H groups in total. The Morgan fingerprint density at radius 3 is 2.59 bits per heavy atom. The first-order valence-electron chi connectivity index (χ1n) is 8.06. The molecule has 0 atom stereocenters. The Balaban J connectivity index is 1.39. The molecule has 5 nitrogen and oxygen atoms in total. The lowest BCUT2D eigenvalue weighted by Gasteiger charge is -2.04. The van der Waals surface area contributed by atoms with Crippen molar-refractivity contribution in [3.8, 4) is 21.9 Å². The Kier molecular flexibility index (Phi) is 4.60. The van der Waals surface area contributed by atoms with Crippen molar-refractivity contribution < 1.29 is 28.2 Å². The van der Waals surface area contributed by atoms with E-state index in [9.17, 15) is 14.0 Å². The number of Topliss-reactive ketones (excluding diaryl/α,β-unsaturated/α-hetero) is 1. The largest absolute Gasteiger partial charge is 0.454 e. The zero-order valence-electron chi connectivity index (χ0n) is 13.9. The molecule has 4 rings (SSSR count). The van der Waals surface area contributed by atoms with Gasteiger partial charge in [0.05, 0.1) is 0 Å². The topological polar surface area (TPSA) is 61.8 Å². The fourth-order valence-electron chi connectivity index (χ4n) is 2.57. The Bertz CT molecular complexity index is 1010. The van der Waals surface area contributed by atoms with Gasteiger partial charge in [0.15, 0.2) is 23.9 Å². The minimum absolute atomic E-state index is 0.122. The molecule has 0 saturated heterocycles. The molecule has 0 spiro atoms. The SMILES string of the molecule is O=C(COC(=O)c1ccc(-c2ccc(F)cc2)s1)c1ccc2c(c1)OCO2. The number of fused-ring (bicyclic) bond motifs is 1. The van der Waals surface area contributed by atoms with Crippen molar-refractivity contribution in [3.05, 3.63) is 70.9 Å². The summed E-state index contributed by atoms with van der Waals surface area (Å²) in [5.41, 5.74) is 1.18. The smallest absolute Gasteiger partial charge is 0.348 e. The van der Waals surface area contributed by atoms with Crippen LogP contribution in [0.1, 0.15) is 20.0 Å². The van der Waals surface area contributed by atoms with Crippen LogP contribution >= 0.6 is 11.3 Å². The molecule has 7 heteroatoms. The van der Waals surface area contributed by atoms with Gasteiger partial charge in [0.2, 0.25) is 6.79 Å². The number of ketones is 1. The van der Waals surface area contributed by atoms with Crippen LogP contribution in [-0.2, 0) is 4.74 Å². The van der Waals surface area contributed by atoms with Gasteiger partial charge in [0, 0.05) is 10.4 Å². The third-order valence-electron chi connectivity index (χ3n) is 3.96. The number of hydrogen-bond donors (Lipinski definition) is 0. The maximum Gasteiger partial charge on any atom is 0.348 e. The zero-order chi connectivity index (χ0) is 18.8. The summed E-state index contributed by atoms with van der Waals surface area (Å²) in [6, 6.07) is 14.2. The summed E-state index contributed by atoms with van der Waals surface area (Å²) in [5.74, 6) is -0.166. The van der Waals surface area contributed by atoms with Gasteiger partial charge in [0.1, 0.15) is 10.7 Å². The molecule has 1 aliphatic heterocycles. The predicted molar refractivity (Wildman–Crippen MR) is 96.9 cm³/mol. The number of carbonyl (C=O) groups excluding carboxylic acids is 2. The van der Waals surface area contributed by atoms with E-state index in [-0.39, 0.29) is 25.0 Å². The van der Waals surface area contributed by atoms with Crippen molar-refractivity contribution in [2.24, 2.45) is 0 Å². The highest BCUT2D eigenvalue weighted by Crippen LogP contribution is 2.33. The highest BCUT2D eigenvalue weighted by molar-refractivity contribution is 7.17. The zero-order valence-corrected chi connectivity index (χ0v) is 14.8. The number of rotatable bonds is 5. The monoisotopic (exact) mass is 384 g/mol. The van der Waals surface area contributed by atoms with Crippen molar-refractivity contribution in [2.45, 2.75) is 0 Å². The lowest BCUT2D eigenvalue weighted by atomic mass is 10.1. The molecule has 2 aromatic carbocycles. The van der Waals surface area contributed by atoms with E-state index in [4.69, 9.17) is 14.2 Å². The highest BCUT2D eigenvalue weighted by Gasteiger charge is 2.18. The van der Waals surface area contributed by atoms with Crippen LogP contribution in [0.3, 0.4) is 0 Å². The van der Waals surface area contributed by atoms with Crippen LogP contribution in [0.5, 0.6) is 11.5 Å². The summed E-state index contributed by atoms with van der Waals surface area (Å²) < 4.78 is 28.6. The number of ether oxygens (including phenoxy) is 3. The van der Waals surface area contributed by atoms with Crippen LogP contribution < -0.4 is 9.47 Å². The van der Waals surface area contributed by atoms with E-state index >= 15 is 0 Å². The van der Waals surface area contributed by atoms with Crippen molar-refractivity contribution in [3.63, 3.8) is 0 Å². The first-order chi connectivity index (χ1) is 13.1. The average Bonchev–Trinajstić information content (AvgIpc) is 3.35. The van der Waals surface area contributed by atoms with Crippen molar-refractivity contribution in [2.75, 3.05) is 13.4 Å². The summed E-state index contributed by atoms with van der Waals surface area (Å²) >= 11 is 1.22. The van der Waals surface area contributed by atoms with E-state index in [0.717, 1.165) is 10.4 Å². The Labute approximate surface area is 157 Å². The Hall–Kier alpha value is -3.19. The van der Waals surface area contributed by atoms with E-state index in [2.05, 4.69) is 0 Å². The number of benzene rings is 2. The van der Waals surface area contributed by atoms with E-state index in [0.29, 0.717) is 21.9 Å². The molecular formula is C20H13FO5S. The maximum atomic E-state index is 13.0. The second-order valence-corrected chi connectivity index (χ2v) is 6.82. The van der Waals surface area contributed by atoms with Crippen LogP contribution in [0.4, 0.5) is 4.39 Å². The first kappa shape index (κ1) is 17.2. The minimum Gasteiger partial charge on any atom is -0.454 e. The van der Waals surface area contributed by atoms with Crippen LogP contribution in [0.25, 0.3) is 10.4 Å². The highest BCUT2D eigenvalue weighted by atomic mass is 32.1. The molecule has 2 heterocycles. The molecule has 3 aromatic rings. The van der Waals surface area contributed by atoms with Crippen molar-refractivity contribution >= 4 is 23.1 Å². The Morgan fingerprint density at radius 1 is 1.00 bits per heavy atom. The lowest BCUT2D eigenvalue weighted by Crippen LogP contribution is -2.13. The van der Waals surface area contributed by atoms with Crippen LogP contribution in [0, 0.1) is 5.82 Å². The van der Waals surface area contributed by atoms with Gasteiger partial charge in [-0.15, -0.1) is 11.3 Å². The molecule has 0 aliphatic carbocycles. The summed E-state index contributed by atoms with van der Waals surface area (Å²) in [6.07, 6.45) is 0. The standard InChI is InChI=1S/C20H13FO5S/c21-14-4-1-12(2-5-14)18-7-8-19(27-18)20(23)24-10-15(22)13-3-6-16-17(9-13)26-11-25-16/h1-9H,10-11H2. The number of thiophene rings is 1. The van der Waals surface area contributed by atoms with E-state index in [1.807, 2.05) is 0 Å². The molecule has 1 aliphatic rings.